The summed E-state index contributed by atoms with van der Waals surface area (Å²) in [5.41, 5.74) is 1.24. The van der Waals surface area contributed by atoms with E-state index >= 15 is 0 Å². The van der Waals surface area contributed by atoms with Crippen LogP contribution in [0, 0.1) is 5.92 Å². The van der Waals surface area contributed by atoms with Crippen molar-refractivity contribution in [3.8, 4) is 0 Å². The van der Waals surface area contributed by atoms with Crippen LogP contribution >= 0.6 is 0 Å². The molecule has 2 aliphatic rings. The van der Waals surface area contributed by atoms with Gasteiger partial charge in [-0.05, 0) is 5.92 Å². The third-order valence-corrected chi connectivity index (χ3v) is 2.24. The molecular weight excluding hydrogens is 129 g/mol. The Balaban J connectivity index is 2.14. The largest absolute Gasteiger partial charge is 0.371 e. The summed E-state index contributed by atoms with van der Waals surface area (Å²) < 4.78 is 12.7. The summed E-state index contributed by atoms with van der Waals surface area (Å²) in [4.78, 5) is 2.16. The fourth-order valence-electron chi connectivity index (χ4n) is 1.87. The average molecular weight is 141 g/mol. The Bertz CT molecular complexity index is 176. The molecule has 10 heavy (non-hydrogen) atoms. The molecule has 0 bridgehead atoms. The fraction of sp³-hybridized carbons (Fsp3) is 0.750. The molecule has 2 heterocycles. The van der Waals surface area contributed by atoms with Gasteiger partial charge in [0, 0.05) is 25.2 Å². The second-order valence-electron chi connectivity index (χ2n) is 3.34. The highest BCUT2D eigenvalue weighted by Gasteiger charge is 2.30. The molecule has 2 heteroatoms. The van der Waals surface area contributed by atoms with Gasteiger partial charge >= 0.3 is 0 Å². The van der Waals surface area contributed by atoms with E-state index in [4.69, 9.17) is 0 Å². The molecular formula is C8H12FN. The van der Waals surface area contributed by atoms with Crippen molar-refractivity contribution in [1.82, 2.24) is 4.90 Å². The number of rotatable bonds is 0. The van der Waals surface area contributed by atoms with Gasteiger partial charge in [-0.15, -0.1) is 0 Å². The summed E-state index contributed by atoms with van der Waals surface area (Å²) in [5.74, 6) is 0.641. The number of fused-ring (bicyclic) bond motifs is 1. The van der Waals surface area contributed by atoms with Gasteiger partial charge in [0.05, 0.1) is 0 Å². The highest BCUT2D eigenvalue weighted by molar-refractivity contribution is 5.15. The maximum absolute atomic E-state index is 12.7. The summed E-state index contributed by atoms with van der Waals surface area (Å²) >= 11 is 0. The van der Waals surface area contributed by atoms with Crippen LogP contribution in [0.25, 0.3) is 0 Å². The molecule has 0 aromatic rings. The van der Waals surface area contributed by atoms with Gasteiger partial charge < -0.3 is 4.90 Å². The van der Waals surface area contributed by atoms with Crippen molar-refractivity contribution in [1.29, 1.82) is 0 Å². The fourth-order valence-corrected chi connectivity index (χ4v) is 1.87. The molecule has 0 aliphatic carbocycles. The van der Waals surface area contributed by atoms with Crippen LogP contribution in [0.4, 0.5) is 4.39 Å². The Hall–Kier alpha value is -0.530. The van der Waals surface area contributed by atoms with Crippen LogP contribution in [0.5, 0.6) is 0 Å². The van der Waals surface area contributed by atoms with Crippen LogP contribution in [0.2, 0.25) is 0 Å². The zero-order chi connectivity index (χ0) is 7.14. The Labute approximate surface area is 60.5 Å². The number of hydrogen-bond acceptors (Lipinski definition) is 1. The third-order valence-electron chi connectivity index (χ3n) is 2.24. The molecule has 0 aromatic carbocycles. The maximum Gasteiger partial charge on any atom is 0.123 e. The van der Waals surface area contributed by atoms with Gasteiger partial charge in [-0.3, -0.25) is 0 Å². The molecule has 0 N–H and O–H groups in total. The predicted octanol–water partition coefficient (Wildman–Crippen LogP) is 1.56. The van der Waals surface area contributed by atoms with Crippen LogP contribution in [-0.4, -0.2) is 24.2 Å². The predicted molar refractivity (Wildman–Crippen MR) is 38.3 cm³/mol. The molecule has 2 aliphatic heterocycles. The van der Waals surface area contributed by atoms with Crippen LogP contribution in [0.3, 0.4) is 0 Å². The zero-order valence-corrected chi connectivity index (χ0v) is 6.18. The van der Waals surface area contributed by atoms with E-state index in [-0.39, 0.29) is 0 Å². The van der Waals surface area contributed by atoms with Gasteiger partial charge in [0.25, 0.3) is 0 Å². The Morgan fingerprint density at radius 3 is 3.10 bits per heavy atom. The molecule has 0 saturated carbocycles. The standard InChI is InChI=1S/C8H12FN/c1-6-2-8-3-7(9)5-10(8)4-6/h2,6-7H,3-5H2,1H3/t6-,7-/m1/s1. The lowest BCUT2D eigenvalue weighted by Gasteiger charge is -2.13. The normalized spacial score (nSPS) is 38.2. The maximum atomic E-state index is 12.7. The van der Waals surface area contributed by atoms with Gasteiger partial charge in [0.1, 0.15) is 6.17 Å². The average Bonchev–Trinajstić information content (AvgIpc) is 2.21. The van der Waals surface area contributed by atoms with E-state index in [0.717, 1.165) is 6.54 Å². The number of halogens is 1. The summed E-state index contributed by atoms with van der Waals surface area (Å²) in [6.45, 7) is 3.85. The minimum absolute atomic E-state index is 0.598. The summed E-state index contributed by atoms with van der Waals surface area (Å²) in [5, 5.41) is 0. The van der Waals surface area contributed by atoms with Gasteiger partial charge in [-0.25, -0.2) is 4.39 Å². The minimum Gasteiger partial charge on any atom is -0.371 e. The SMILES string of the molecule is C[C@@H]1C=C2C[C@@H](F)CN2C1. The second kappa shape index (κ2) is 1.97. The van der Waals surface area contributed by atoms with E-state index in [1.54, 1.807) is 0 Å². The molecule has 1 saturated heterocycles. The lowest BCUT2D eigenvalue weighted by Crippen LogP contribution is -2.19. The van der Waals surface area contributed by atoms with Crippen molar-refractivity contribution in [2.75, 3.05) is 13.1 Å². The smallest absolute Gasteiger partial charge is 0.123 e. The molecule has 0 amide bonds. The first-order valence-electron chi connectivity index (χ1n) is 3.85. The Morgan fingerprint density at radius 1 is 1.60 bits per heavy atom. The zero-order valence-electron chi connectivity index (χ0n) is 6.18. The van der Waals surface area contributed by atoms with Crippen LogP contribution in [-0.2, 0) is 0 Å². The number of hydrogen-bond donors (Lipinski definition) is 0. The summed E-state index contributed by atoms with van der Waals surface area (Å²) in [6.07, 6.45) is 2.25. The molecule has 1 fully saturated rings. The van der Waals surface area contributed by atoms with E-state index in [0.29, 0.717) is 18.9 Å². The van der Waals surface area contributed by atoms with E-state index < -0.39 is 6.17 Å². The van der Waals surface area contributed by atoms with Gasteiger partial charge in [0.2, 0.25) is 0 Å². The van der Waals surface area contributed by atoms with Crippen molar-refractivity contribution in [3.63, 3.8) is 0 Å². The minimum atomic E-state index is -0.598. The first-order chi connectivity index (χ1) is 4.75. The summed E-state index contributed by atoms with van der Waals surface area (Å²) in [6, 6.07) is 0. The van der Waals surface area contributed by atoms with Crippen LogP contribution < -0.4 is 0 Å². The molecule has 56 valence electrons. The molecule has 0 unspecified atom stereocenters. The van der Waals surface area contributed by atoms with E-state index in [1.807, 2.05) is 0 Å². The summed E-state index contributed by atoms with van der Waals surface area (Å²) in [7, 11) is 0. The lowest BCUT2D eigenvalue weighted by molar-refractivity contribution is 0.298. The molecule has 0 spiro atoms. The topological polar surface area (TPSA) is 3.24 Å². The molecule has 2 atom stereocenters. The third kappa shape index (κ3) is 0.825. The molecule has 1 nitrogen and oxygen atoms in total. The second-order valence-corrected chi connectivity index (χ2v) is 3.34. The van der Waals surface area contributed by atoms with E-state index in [2.05, 4.69) is 17.9 Å². The highest BCUT2D eigenvalue weighted by Crippen LogP contribution is 2.30. The van der Waals surface area contributed by atoms with Gasteiger partial charge in [0.15, 0.2) is 0 Å². The number of nitrogens with zero attached hydrogens (tertiary/aromatic N) is 1. The van der Waals surface area contributed by atoms with Gasteiger partial charge in [-0.1, -0.05) is 13.0 Å². The van der Waals surface area contributed by atoms with Crippen molar-refractivity contribution in [2.24, 2.45) is 5.92 Å². The van der Waals surface area contributed by atoms with E-state index in [1.165, 1.54) is 5.70 Å². The van der Waals surface area contributed by atoms with Crippen molar-refractivity contribution in [2.45, 2.75) is 19.5 Å². The quantitative estimate of drug-likeness (QED) is 0.495. The van der Waals surface area contributed by atoms with E-state index in [9.17, 15) is 4.39 Å². The first-order valence-corrected chi connectivity index (χ1v) is 3.85. The molecule has 0 aromatic heterocycles. The number of allylic oxidation sites excluding steroid dienone is 1. The van der Waals surface area contributed by atoms with Crippen LogP contribution in [0.1, 0.15) is 13.3 Å². The van der Waals surface area contributed by atoms with Crippen molar-refractivity contribution >= 4 is 0 Å². The number of alkyl halides is 1. The van der Waals surface area contributed by atoms with Gasteiger partial charge in [-0.2, -0.15) is 0 Å². The monoisotopic (exact) mass is 141 g/mol. The highest BCUT2D eigenvalue weighted by atomic mass is 19.1. The Kier molecular flexibility index (Phi) is 1.22. The molecule has 0 radical (unpaired) electrons. The van der Waals surface area contributed by atoms with Crippen molar-refractivity contribution in [3.05, 3.63) is 11.8 Å². The Morgan fingerprint density at radius 2 is 2.40 bits per heavy atom. The molecule has 2 rings (SSSR count). The van der Waals surface area contributed by atoms with Crippen molar-refractivity contribution < 1.29 is 4.39 Å². The lowest BCUT2D eigenvalue weighted by atomic mass is 10.2. The first kappa shape index (κ1) is 6.20. The van der Waals surface area contributed by atoms with Crippen LogP contribution in [0.15, 0.2) is 11.8 Å².